The van der Waals surface area contributed by atoms with Crippen molar-refractivity contribution in [1.82, 2.24) is 9.61 Å². The molecule has 1 aromatic carbocycles. The third-order valence-corrected chi connectivity index (χ3v) is 3.79. The van der Waals surface area contributed by atoms with Crippen LogP contribution < -0.4 is 4.57 Å². The number of rotatable bonds is 0. The standard InChI is InChI=1S/C15H10N3O/c1-2-5-11-10(4-1)8-17-14-12-6-3-7-16-18(12)9-13(14)19-15(11)17/h1-7,9H,8H2/q+1. The van der Waals surface area contributed by atoms with Crippen molar-refractivity contribution in [2.75, 3.05) is 0 Å². The van der Waals surface area contributed by atoms with Gasteiger partial charge < -0.3 is 4.42 Å². The van der Waals surface area contributed by atoms with Gasteiger partial charge in [-0.3, -0.25) is 0 Å². The summed E-state index contributed by atoms with van der Waals surface area (Å²) in [5, 5.41) is 4.31. The van der Waals surface area contributed by atoms with Crippen LogP contribution in [0.2, 0.25) is 0 Å². The molecule has 0 saturated carbocycles. The number of benzene rings is 1. The van der Waals surface area contributed by atoms with E-state index in [-0.39, 0.29) is 0 Å². The van der Waals surface area contributed by atoms with Crippen LogP contribution in [0.3, 0.4) is 0 Å². The first-order valence-electron chi connectivity index (χ1n) is 6.29. The maximum Gasteiger partial charge on any atom is 0.382 e. The van der Waals surface area contributed by atoms with E-state index >= 15 is 0 Å². The third-order valence-electron chi connectivity index (χ3n) is 3.79. The van der Waals surface area contributed by atoms with Crippen LogP contribution in [0.25, 0.3) is 28.1 Å². The van der Waals surface area contributed by atoms with E-state index in [1.165, 1.54) is 11.1 Å². The monoisotopic (exact) mass is 248 g/mol. The van der Waals surface area contributed by atoms with E-state index < -0.39 is 0 Å². The van der Waals surface area contributed by atoms with E-state index in [1.54, 1.807) is 6.20 Å². The highest BCUT2D eigenvalue weighted by Crippen LogP contribution is 2.32. The molecule has 0 saturated heterocycles. The van der Waals surface area contributed by atoms with Crippen molar-refractivity contribution >= 4 is 16.6 Å². The Morgan fingerprint density at radius 2 is 2.11 bits per heavy atom. The molecule has 0 N–H and O–H groups in total. The molecule has 4 nitrogen and oxygen atoms in total. The van der Waals surface area contributed by atoms with Crippen molar-refractivity contribution < 1.29 is 8.98 Å². The van der Waals surface area contributed by atoms with Crippen LogP contribution in [-0.4, -0.2) is 9.61 Å². The van der Waals surface area contributed by atoms with E-state index in [0.29, 0.717) is 0 Å². The zero-order chi connectivity index (χ0) is 12.4. The molecule has 0 radical (unpaired) electrons. The third kappa shape index (κ3) is 1.04. The zero-order valence-corrected chi connectivity index (χ0v) is 10.1. The molecule has 0 fully saturated rings. The van der Waals surface area contributed by atoms with Gasteiger partial charge in [0.1, 0.15) is 5.52 Å². The first kappa shape index (κ1) is 9.33. The normalized spacial score (nSPS) is 13.1. The molecular weight excluding hydrogens is 238 g/mol. The lowest BCUT2D eigenvalue weighted by atomic mass is 10.1. The molecule has 1 aliphatic rings. The van der Waals surface area contributed by atoms with Gasteiger partial charge in [-0.05, 0) is 18.2 Å². The average Bonchev–Trinajstić information content (AvgIpc) is 3.05. The Morgan fingerprint density at radius 1 is 1.16 bits per heavy atom. The van der Waals surface area contributed by atoms with Crippen LogP contribution in [0.1, 0.15) is 5.56 Å². The molecule has 4 heterocycles. The van der Waals surface area contributed by atoms with Crippen molar-refractivity contribution in [1.29, 1.82) is 0 Å². The van der Waals surface area contributed by atoms with Crippen LogP contribution in [0, 0.1) is 0 Å². The van der Waals surface area contributed by atoms with Gasteiger partial charge >= 0.3 is 5.89 Å². The molecule has 5 rings (SSSR count). The molecular formula is C15H10N3O+. The summed E-state index contributed by atoms with van der Waals surface area (Å²) >= 11 is 0. The number of hydrogen-bond acceptors (Lipinski definition) is 2. The molecule has 3 aromatic heterocycles. The van der Waals surface area contributed by atoms with Gasteiger partial charge in [0.25, 0.3) is 5.52 Å². The lowest BCUT2D eigenvalue weighted by molar-refractivity contribution is -0.648. The molecule has 1 aliphatic heterocycles. The minimum Gasteiger partial charge on any atom is -0.396 e. The Hall–Kier alpha value is -2.62. The highest BCUT2D eigenvalue weighted by atomic mass is 16.4. The summed E-state index contributed by atoms with van der Waals surface area (Å²) < 4.78 is 10.1. The van der Waals surface area contributed by atoms with Gasteiger partial charge in [-0.1, -0.05) is 18.2 Å². The molecule has 0 atom stereocenters. The smallest absolute Gasteiger partial charge is 0.382 e. The van der Waals surface area contributed by atoms with Crippen molar-refractivity contribution in [2.45, 2.75) is 6.54 Å². The quantitative estimate of drug-likeness (QED) is 0.394. The fraction of sp³-hybridized carbons (Fsp3) is 0.0667. The highest BCUT2D eigenvalue weighted by Gasteiger charge is 2.35. The summed E-state index contributed by atoms with van der Waals surface area (Å²) in [7, 11) is 0. The van der Waals surface area contributed by atoms with Gasteiger partial charge in [-0.25, -0.2) is 4.52 Å². The van der Waals surface area contributed by atoms with Crippen LogP contribution in [-0.2, 0) is 6.54 Å². The van der Waals surface area contributed by atoms with Crippen molar-refractivity contribution in [3.8, 4) is 11.5 Å². The number of hydrogen-bond donors (Lipinski definition) is 0. The second kappa shape index (κ2) is 3.03. The second-order valence-corrected chi connectivity index (χ2v) is 4.85. The van der Waals surface area contributed by atoms with E-state index in [0.717, 1.165) is 29.1 Å². The van der Waals surface area contributed by atoms with E-state index in [4.69, 9.17) is 4.42 Å². The van der Waals surface area contributed by atoms with E-state index in [1.807, 2.05) is 16.8 Å². The van der Waals surface area contributed by atoms with Gasteiger partial charge in [0, 0.05) is 11.8 Å². The predicted octanol–water partition coefficient (Wildman–Crippen LogP) is 2.40. The predicted molar refractivity (Wildman–Crippen MR) is 69.7 cm³/mol. The number of aromatic nitrogens is 3. The molecule has 0 unspecified atom stereocenters. The molecule has 0 aliphatic carbocycles. The fourth-order valence-electron chi connectivity index (χ4n) is 2.97. The van der Waals surface area contributed by atoms with Gasteiger partial charge in [-0.2, -0.15) is 5.10 Å². The van der Waals surface area contributed by atoms with Crippen molar-refractivity contribution in [2.24, 2.45) is 0 Å². The minimum absolute atomic E-state index is 0.868. The molecule has 4 aromatic rings. The van der Waals surface area contributed by atoms with Gasteiger partial charge in [-0.15, -0.1) is 4.57 Å². The lowest BCUT2D eigenvalue weighted by Gasteiger charge is -1.89. The summed E-state index contributed by atoms with van der Waals surface area (Å²) in [4.78, 5) is 0. The summed E-state index contributed by atoms with van der Waals surface area (Å²) in [5.74, 6) is 0.951. The first-order chi connectivity index (χ1) is 9.42. The molecule has 0 spiro atoms. The topological polar surface area (TPSA) is 34.3 Å². The van der Waals surface area contributed by atoms with Crippen LogP contribution in [0.15, 0.2) is 53.2 Å². The molecule has 19 heavy (non-hydrogen) atoms. The maximum absolute atomic E-state index is 6.02. The van der Waals surface area contributed by atoms with E-state index in [2.05, 4.69) is 40.0 Å². The van der Waals surface area contributed by atoms with Gasteiger partial charge in [0.15, 0.2) is 6.54 Å². The molecule has 0 bridgehead atoms. The summed E-state index contributed by atoms with van der Waals surface area (Å²) in [6, 6.07) is 12.4. The van der Waals surface area contributed by atoms with Crippen LogP contribution >= 0.6 is 0 Å². The van der Waals surface area contributed by atoms with Crippen LogP contribution in [0.5, 0.6) is 0 Å². The first-order valence-corrected chi connectivity index (χ1v) is 6.29. The van der Waals surface area contributed by atoms with Crippen LogP contribution in [0.4, 0.5) is 0 Å². The summed E-state index contributed by atoms with van der Waals surface area (Å²) in [5.41, 5.74) is 5.61. The number of fused-ring (bicyclic) bond motifs is 7. The number of nitrogens with zero attached hydrogens (tertiary/aromatic N) is 3. The highest BCUT2D eigenvalue weighted by molar-refractivity contribution is 5.88. The van der Waals surface area contributed by atoms with Crippen molar-refractivity contribution in [3.05, 3.63) is 54.4 Å². The Morgan fingerprint density at radius 3 is 3.11 bits per heavy atom. The summed E-state index contributed by atoms with van der Waals surface area (Å²) in [6.45, 7) is 0.868. The minimum atomic E-state index is 0.868. The fourth-order valence-corrected chi connectivity index (χ4v) is 2.97. The van der Waals surface area contributed by atoms with Crippen molar-refractivity contribution in [3.63, 3.8) is 0 Å². The zero-order valence-electron chi connectivity index (χ0n) is 10.1. The molecule has 90 valence electrons. The van der Waals surface area contributed by atoms with E-state index in [9.17, 15) is 0 Å². The summed E-state index contributed by atoms with van der Waals surface area (Å²) in [6.07, 6.45) is 3.73. The second-order valence-electron chi connectivity index (χ2n) is 4.85. The lowest BCUT2D eigenvalue weighted by Crippen LogP contribution is -2.30. The number of oxazole rings is 1. The largest absolute Gasteiger partial charge is 0.396 e. The SMILES string of the molecule is c1ccc2c(c1)C[n+]1c-2oc2cn3ncccc3c21. The Bertz CT molecular complexity index is 949. The Kier molecular flexibility index (Phi) is 1.49. The molecule has 0 amide bonds. The molecule has 4 heteroatoms. The average molecular weight is 248 g/mol. The Labute approximate surface area is 108 Å². The van der Waals surface area contributed by atoms with Gasteiger partial charge in [0.2, 0.25) is 5.58 Å². The maximum atomic E-state index is 6.02. The Balaban J connectivity index is 1.94. The van der Waals surface area contributed by atoms with Gasteiger partial charge in [0.05, 0.1) is 11.8 Å².